The van der Waals surface area contributed by atoms with Gasteiger partial charge in [0.15, 0.2) is 0 Å². The molecule has 0 atom stereocenters. The molecule has 0 aliphatic heterocycles. The van der Waals surface area contributed by atoms with Gasteiger partial charge in [0.1, 0.15) is 0 Å². The maximum absolute atomic E-state index is 11.7. The molecule has 3 aromatic rings. The lowest BCUT2D eigenvalue weighted by Crippen LogP contribution is -2.32. The minimum Gasteiger partial charge on any atom is -0.318 e. The molecule has 2 amide bonds. The van der Waals surface area contributed by atoms with Crippen molar-refractivity contribution >= 4 is 34.5 Å². The van der Waals surface area contributed by atoms with Gasteiger partial charge >= 0.3 is 11.8 Å². The minimum absolute atomic E-state index is 0.489. The van der Waals surface area contributed by atoms with Crippen LogP contribution in [0, 0.1) is 0 Å². The van der Waals surface area contributed by atoms with Crippen LogP contribution >= 0.6 is 0 Å². The van der Waals surface area contributed by atoms with Crippen LogP contribution in [0.3, 0.4) is 0 Å². The molecular weight excluding hydrogens is 304 g/mol. The first-order valence-electron chi connectivity index (χ1n) is 7.25. The summed E-state index contributed by atoms with van der Waals surface area (Å²) in [7, 11) is 0. The summed E-state index contributed by atoms with van der Waals surface area (Å²) in [5.41, 5.74) is 3.51. The summed E-state index contributed by atoms with van der Waals surface area (Å²) in [4.78, 5) is 27.2. The van der Waals surface area contributed by atoms with Crippen molar-refractivity contribution in [2.24, 2.45) is 5.10 Å². The fourth-order valence-corrected chi connectivity index (χ4v) is 2.13. The molecule has 0 saturated heterocycles. The number of anilines is 1. The molecule has 0 aliphatic carbocycles. The van der Waals surface area contributed by atoms with Gasteiger partial charge in [-0.3, -0.25) is 14.6 Å². The van der Waals surface area contributed by atoms with E-state index in [0.29, 0.717) is 5.69 Å². The molecule has 24 heavy (non-hydrogen) atoms. The summed E-state index contributed by atoms with van der Waals surface area (Å²) in [5, 5.41) is 8.46. The molecule has 1 aromatic heterocycles. The molecule has 0 spiro atoms. The second-order valence-electron chi connectivity index (χ2n) is 5.00. The van der Waals surface area contributed by atoms with Gasteiger partial charge < -0.3 is 5.32 Å². The normalized spacial score (nSPS) is 10.7. The van der Waals surface area contributed by atoms with Gasteiger partial charge in [-0.05, 0) is 34.5 Å². The summed E-state index contributed by atoms with van der Waals surface area (Å²) in [6.45, 7) is 0. The predicted molar refractivity (Wildman–Crippen MR) is 92.6 cm³/mol. The van der Waals surface area contributed by atoms with Crippen molar-refractivity contribution in [3.8, 4) is 0 Å². The smallest absolute Gasteiger partial charge is 0.318 e. The van der Waals surface area contributed by atoms with E-state index < -0.39 is 11.8 Å². The molecular formula is C18H14N4O2. The molecule has 0 fully saturated rings. The molecule has 0 unspecified atom stereocenters. The highest BCUT2D eigenvalue weighted by Crippen LogP contribution is 2.14. The molecule has 6 nitrogen and oxygen atoms in total. The first kappa shape index (κ1) is 15.4. The Morgan fingerprint density at radius 1 is 0.917 bits per heavy atom. The van der Waals surface area contributed by atoms with Crippen molar-refractivity contribution in [3.63, 3.8) is 0 Å². The maximum atomic E-state index is 11.7. The van der Waals surface area contributed by atoms with Crippen LogP contribution in [0.5, 0.6) is 0 Å². The molecule has 0 saturated carbocycles. The number of carbonyl (C=O) groups excluding carboxylic acids is 2. The number of pyridine rings is 1. The summed E-state index contributed by atoms with van der Waals surface area (Å²) >= 11 is 0. The standard InChI is InChI=1S/C18H14N4O2/c23-17(21-16-7-9-19-10-8-16)18(24)22-20-12-13-5-6-14-3-1-2-4-15(14)11-13/h1-12H,(H,22,24)(H,19,21,23). The Bertz CT molecular complexity index is 907. The molecule has 6 heteroatoms. The molecule has 118 valence electrons. The van der Waals surface area contributed by atoms with Crippen molar-refractivity contribution in [2.45, 2.75) is 0 Å². The van der Waals surface area contributed by atoms with Crippen LogP contribution in [-0.4, -0.2) is 23.0 Å². The number of fused-ring (bicyclic) bond motifs is 1. The number of amides is 2. The van der Waals surface area contributed by atoms with Crippen molar-refractivity contribution < 1.29 is 9.59 Å². The maximum Gasteiger partial charge on any atom is 0.329 e. The third-order valence-corrected chi connectivity index (χ3v) is 3.30. The van der Waals surface area contributed by atoms with E-state index in [1.54, 1.807) is 12.1 Å². The van der Waals surface area contributed by atoms with E-state index in [9.17, 15) is 9.59 Å². The topological polar surface area (TPSA) is 83.5 Å². The van der Waals surface area contributed by atoms with Gasteiger partial charge in [-0.15, -0.1) is 0 Å². The first-order valence-corrected chi connectivity index (χ1v) is 7.25. The number of hydrogen-bond donors (Lipinski definition) is 2. The van der Waals surface area contributed by atoms with Crippen molar-refractivity contribution in [1.29, 1.82) is 0 Å². The van der Waals surface area contributed by atoms with Crippen molar-refractivity contribution in [1.82, 2.24) is 10.4 Å². The number of carbonyl (C=O) groups is 2. The van der Waals surface area contributed by atoms with Gasteiger partial charge in [-0.25, -0.2) is 5.43 Å². The largest absolute Gasteiger partial charge is 0.329 e. The monoisotopic (exact) mass is 318 g/mol. The van der Waals surface area contributed by atoms with Crippen LogP contribution in [-0.2, 0) is 9.59 Å². The minimum atomic E-state index is -0.844. The third-order valence-electron chi connectivity index (χ3n) is 3.30. The fourth-order valence-electron chi connectivity index (χ4n) is 2.13. The zero-order valence-electron chi connectivity index (χ0n) is 12.6. The number of nitrogens with zero attached hydrogens (tertiary/aromatic N) is 2. The Kier molecular flexibility index (Phi) is 4.57. The second kappa shape index (κ2) is 7.15. The van der Waals surface area contributed by atoms with E-state index in [1.807, 2.05) is 42.5 Å². The molecule has 3 rings (SSSR count). The van der Waals surface area contributed by atoms with Crippen molar-refractivity contribution in [2.75, 3.05) is 5.32 Å². The molecule has 2 aromatic carbocycles. The van der Waals surface area contributed by atoms with Crippen molar-refractivity contribution in [3.05, 3.63) is 72.6 Å². The van der Waals surface area contributed by atoms with E-state index >= 15 is 0 Å². The number of hydrogen-bond acceptors (Lipinski definition) is 4. The number of hydrazone groups is 1. The van der Waals surface area contributed by atoms with Gasteiger partial charge in [-0.1, -0.05) is 36.4 Å². The Morgan fingerprint density at radius 2 is 1.67 bits per heavy atom. The lowest BCUT2D eigenvalue weighted by atomic mass is 10.1. The van der Waals surface area contributed by atoms with Crippen LogP contribution in [0.4, 0.5) is 5.69 Å². The SMILES string of the molecule is O=C(NN=Cc1ccc2ccccc2c1)C(=O)Nc1ccncc1. The lowest BCUT2D eigenvalue weighted by molar-refractivity contribution is -0.136. The summed E-state index contributed by atoms with van der Waals surface area (Å²) in [6.07, 6.45) is 4.53. The van der Waals surface area contributed by atoms with E-state index in [1.165, 1.54) is 18.6 Å². The molecule has 0 aliphatic rings. The van der Waals surface area contributed by atoms with E-state index in [4.69, 9.17) is 0 Å². The van der Waals surface area contributed by atoms with E-state index in [0.717, 1.165) is 16.3 Å². The highest BCUT2D eigenvalue weighted by atomic mass is 16.2. The van der Waals surface area contributed by atoms with E-state index in [-0.39, 0.29) is 0 Å². The van der Waals surface area contributed by atoms with Crippen LogP contribution in [0.15, 0.2) is 72.1 Å². The number of rotatable bonds is 3. The average Bonchev–Trinajstić information content (AvgIpc) is 2.62. The number of aromatic nitrogens is 1. The van der Waals surface area contributed by atoms with Crippen LogP contribution in [0.2, 0.25) is 0 Å². The van der Waals surface area contributed by atoms with Gasteiger partial charge in [0.25, 0.3) is 0 Å². The van der Waals surface area contributed by atoms with Gasteiger partial charge in [0.2, 0.25) is 0 Å². The van der Waals surface area contributed by atoms with Crippen LogP contribution < -0.4 is 10.7 Å². The third kappa shape index (κ3) is 3.80. The fraction of sp³-hybridized carbons (Fsp3) is 0. The zero-order chi connectivity index (χ0) is 16.8. The predicted octanol–water partition coefficient (Wildman–Crippen LogP) is 2.32. The second-order valence-corrected chi connectivity index (χ2v) is 5.00. The summed E-state index contributed by atoms with van der Waals surface area (Å²) < 4.78 is 0. The van der Waals surface area contributed by atoms with E-state index in [2.05, 4.69) is 20.8 Å². The van der Waals surface area contributed by atoms with Crippen LogP contribution in [0.1, 0.15) is 5.56 Å². The quantitative estimate of drug-likeness (QED) is 0.441. The Hall–Kier alpha value is -3.54. The molecule has 0 radical (unpaired) electrons. The Balaban J connectivity index is 1.60. The van der Waals surface area contributed by atoms with Gasteiger partial charge in [-0.2, -0.15) is 5.10 Å². The average molecular weight is 318 g/mol. The summed E-state index contributed by atoms with van der Waals surface area (Å²) in [6, 6.07) is 16.9. The highest BCUT2D eigenvalue weighted by Gasteiger charge is 2.12. The highest BCUT2D eigenvalue weighted by molar-refractivity contribution is 6.39. The zero-order valence-corrected chi connectivity index (χ0v) is 12.6. The van der Waals surface area contributed by atoms with Crippen LogP contribution in [0.25, 0.3) is 10.8 Å². The van der Waals surface area contributed by atoms with Gasteiger partial charge in [0.05, 0.1) is 6.21 Å². The molecule has 2 N–H and O–H groups in total. The number of benzene rings is 2. The van der Waals surface area contributed by atoms with Gasteiger partial charge in [0, 0.05) is 18.1 Å². The Labute approximate surface area is 138 Å². The Morgan fingerprint density at radius 3 is 2.46 bits per heavy atom. The molecule has 1 heterocycles. The lowest BCUT2D eigenvalue weighted by Gasteiger charge is -2.03. The summed E-state index contributed by atoms with van der Waals surface area (Å²) in [5.74, 6) is -1.64. The first-order chi connectivity index (χ1) is 11.7. The number of nitrogens with one attached hydrogen (secondary N) is 2. The molecule has 0 bridgehead atoms.